The minimum atomic E-state index is -0.0197. The summed E-state index contributed by atoms with van der Waals surface area (Å²) in [6.45, 7) is 9.41. The molecule has 8 rings (SSSR count). The molecule has 2 heteroatoms. The van der Waals surface area contributed by atoms with Gasteiger partial charge in [-0.2, -0.15) is 0 Å². The third-order valence-electron chi connectivity index (χ3n) is 13.2. The molecular weight excluding hydrogens is 653 g/mol. The van der Waals surface area contributed by atoms with E-state index in [1.54, 1.807) is 0 Å². The van der Waals surface area contributed by atoms with E-state index < -0.39 is 0 Å². The highest BCUT2D eigenvalue weighted by molar-refractivity contribution is 5.72. The minimum Gasteiger partial charge on any atom is -0.328 e. The normalized spacial score (nSPS) is 20.3. The molecule has 54 heavy (non-hydrogen) atoms. The van der Waals surface area contributed by atoms with E-state index in [2.05, 4.69) is 188 Å². The van der Waals surface area contributed by atoms with Crippen molar-refractivity contribution < 1.29 is 8.97 Å². The third kappa shape index (κ3) is 7.35. The van der Waals surface area contributed by atoms with Crippen LogP contribution >= 0.6 is 0 Å². The zero-order valence-corrected chi connectivity index (χ0v) is 33.4. The number of likely N-dealkylation sites (tertiary alicyclic amines) is 2. The molecule has 0 aliphatic carbocycles. The molecule has 2 aliphatic heterocycles. The lowest BCUT2D eigenvalue weighted by Gasteiger charge is -2.46. The lowest BCUT2D eigenvalue weighted by Crippen LogP contribution is -2.55. The van der Waals surface area contributed by atoms with E-state index in [1.165, 1.54) is 112 Å². The fraction of sp³-hybridized carbons (Fsp3) is 0.308. The Morgan fingerprint density at radius 3 is 1.04 bits per heavy atom. The Morgan fingerprint density at radius 1 is 0.370 bits per heavy atom. The number of piperidine rings is 2. The maximum absolute atomic E-state index is 2.46. The molecule has 2 heterocycles. The number of rotatable bonds is 7. The van der Waals surface area contributed by atoms with Crippen LogP contribution in [0.25, 0.3) is 44.5 Å². The molecule has 0 saturated carbocycles. The number of likely N-dealkylation sites (N-methyl/N-ethyl adjacent to an activating group) is 1. The summed E-state index contributed by atoms with van der Waals surface area (Å²) in [5, 5.41) is 0. The van der Waals surface area contributed by atoms with Crippen LogP contribution in [0.2, 0.25) is 0 Å². The fourth-order valence-electron chi connectivity index (χ4n) is 9.44. The van der Waals surface area contributed by atoms with Gasteiger partial charge >= 0.3 is 0 Å². The molecule has 0 N–H and O–H groups in total. The van der Waals surface area contributed by atoms with Crippen LogP contribution in [0.15, 0.2) is 146 Å². The summed E-state index contributed by atoms with van der Waals surface area (Å²) in [5.74, 6) is 0. The van der Waals surface area contributed by atoms with Gasteiger partial charge in [-0.1, -0.05) is 158 Å². The zero-order chi connectivity index (χ0) is 37.6. The molecule has 6 aromatic carbocycles. The minimum absolute atomic E-state index is 0.0197. The van der Waals surface area contributed by atoms with Crippen molar-refractivity contribution in [2.24, 2.45) is 0 Å². The van der Waals surface area contributed by atoms with Gasteiger partial charge in [0.2, 0.25) is 0 Å². The quantitative estimate of drug-likeness (QED) is 0.145. The number of quaternary nitrogens is 2. The van der Waals surface area contributed by atoms with Crippen LogP contribution in [-0.4, -0.2) is 63.3 Å². The fourth-order valence-corrected chi connectivity index (χ4v) is 9.44. The Kier molecular flexibility index (Phi) is 9.49. The molecule has 2 saturated heterocycles. The second-order valence-electron chi connectivity index (χ2n) is 18.2. The summed E-state index contributed by atoms with van der Waals surface area (Å²) >= 11 is 0. The van der Waals surface area contributed by atoms with Gasteiger partial charge in [-0.15, -0.1) is 0 Å². The van der Waals surface area contributed by atoms with Crippen molar-refractivity contribution in [3.8, 4) is 44.5 Å². The molecule has 2 nitrogen and oxygen atoms in total. The topological polar surface area (TPSA) is 0 Å². The highest BCUT2D eigenvalue weighted by Gasteiger charge is 2.44. The van der Waals surface area contributed by atoms with E-state index in [0.717, 1.165) is 15.5 Å². The first-order chi connectivity index (χ1) is 25.9. The SMILES string of the molecule is Cc1ccc(-c2ccc(-c3ccc(C4(c5ccc(-c6ccc(-c7ccc(C8(C)CC[N+](C)(C)CC8)cc7)cc6)cc5)CCC[N+](C)(C)C4)cc3)cc2)cc1. The Morgan fingerprint density at radius 2 is 0.685 bits per heavy atom. The maximum atomic E-state index is 2.46. The second kappa shape index (κ2) is 14.1. The van der Waals surface area contributed by atoms with Crippen molar-refractivity contribution in [1.82, 2.24) is 0 Å². The van der Waals surface area contributed by atoms with Gasteiger partial charge in [0, 0.05) is 18.3 Å². The first-order valence-electron chi connectivity index (χ1n) is 20.1. The number of hydrogen-bond acceptors (Lipinski definition) is 0. The molecule has 6 aromatic rings. The average Bonchev–Trinajstić information content (AvgIpc) is 3.19. The number of hydrogen-bond donors (Lipinski definition) is 0. The van der Waals surface area contributed by atoms with E-state index in [4.69, 9.17) is 0 Å². The van der Waals surface area contributed by atoms with Crippen molar-refractivity contribution in [3.63, 3.8) is 0 Å². The number of aryl methyl sites for hydroxylation is 1. The lowest BCUT2D eigenvalue weighted by molar-refractivity contribution is -0.899. The average molecular weight is 711 g/mol. The second-order valence-corrected chi connectivity index (χ2v) is 18.2. The summed E-state index contributed by atoms with van der Waals surface area (Å²) in [5.41, 5.74) is 16.1. The van der Waals surface area contributed by atoms with Gasteiger partial charge in [0.1, 0.15) is 0 Å². The third-order valence-corrected chi connectivity index (χ3v) is 13.2. The van der Waals surface area contributed by atoms with Crippen molar-refractivity contribution in [2.75, 3.05) is 54.4 Å². The summed E-state index contributed by atoms with van der Waals surface area (Å²) in [6, 6.07) is 55.4. The molecule has 0 bridgehead atoms. The van der Waals surface area contributed by atoms with Crippen LogP contribution in [-0.2, 0) is 10.8 Å². The van der Waals surface area contributed by atoms with E-state index in [9.17, 15) is 0 Å². The van der Waals surface area contributed by atoms with Crippen LogP contribution in [0, 0.1) is 6.92 Å². The summed E-state index contributed by atoms with van der Waals surface area (Å²) < 4.78 is 2.17. The molecule has 1 atom stereocenters. The first-order valence-corrected chi connectivity index (χ1v) is 20.1. The van der Waals surface area contributed by atoms with Gasteiger partial charge in [-0.25, -0.2) is 0 Å². The summed E-state index contributed by atoms with van der Waals surface area (Å²) in [4.78, 5) is 0. The first kappa shape index (κ1) is 36.2. The van der Waals surface area contributed by atoms with E-state index in [1.807, 2.05) is 0 Å². The van der Waals surface area contributed by atoms with Crippen molar-refractivity contribution in [2.45, 2.75) is 50.4 Å². The standard InChI is InChI=1S/C52H58N2/c1-39-8-10-40(11-9-39)41-12-14-43(15-13-41)46-22-28-49(29-23-46)52(32-7-35-54(5,6)38-52)50-30-24-47(25-31-50)44-18-16-42(17-19-44)45-20-26-48(27-21-45)51(2)33-36-53(3,4)37-34-51/h8-31H,7,32-38H2,1-6H3/q+2. The predicted molar refractivity (Wildman–Crippen MR) is 230 cm³/mol. The zero-order valence-electron chi connectivity index (χ0n) is 33.4. The largest absolute Gasteiger partial charge is 0.328 e. The van der Waals surface area contributed by atoms with Crippen LogP contribution in [0.1, 0.15) is 54.9 Å². The van der Waals surface area contributed by atoms with Crippen molar-refractivity contribution >= 4 is 0 Å². The molecule has 0 amide bonds. The van der Waals surface area contributed by atoms with Crippen molar-refractivity contribution in [1.29, 1.82) is 0 Å². The summed E-state index contributed by atoms with van der Waals surface area (Å²) in [6.07, 6.45) is 4.89. The van der Waals surface area contributed by atoms with Gasteiger partial charge in [0.15, 0.2) is 0 Å². The molecule has 0 aromatic heterocycles. The van der Waals surface area contributed by atoms with Crippen LogP contribution in [0.5, 0.6) is 0 Å². The van der Waals surface area contributed by atoms with Gasteiger partial charge in [0.25, 0.3) is 0 Å². The van der Waals surface area contributed by atoms with E-state index in [0.29, 0.717) is 0 Å². The molecule has 1 unspecified atom stereocenters. The smallest absolute Gasteiger partial charge is 0.0922 e. The van der Waals surface area contributed by atoms with Crippen LogP contribution < -0.4 is 0 Å². The van der Waals surface area contributed by atoms with Gasteiger partial charge in [-0.05, 0) is 81.0 Å². The Hall–Kier alpha value is -4.76. The van der Waals surface area contributed by atoms with Gasteiger partial charge in [0.05, 0.1) is 59.8 Å². The van der Waals surface area contributed by atoms with Crippen molar-refractivity contribution in [3.05, 3.63) is 168 Å². The molecule has 2 aliphatic rings. The summed E-state index contributed by atoms with van der Waals surface area (Å²) in [7, 11) is 9.53. The predicted octanol–water partition coefficient (Wildman–Crippen LogP) is 11.9. The van der Waals surface area contributed by atoms with Crippen LogP contribution in [0.3, 0.4) is 0 Å². The Labute approximate surface area is 324 Å². The number of nitrogens with zero attached hydrogens (tertiary/aromatic N) is 2. The number of benzene rings is 6. The molecular formula is C52H58N2+2. The Balaban J connectivity index is 1.00. The molecule has 2 fully saturated rings. The molecule has 274 valence electrons. The van der Waals surface area contributed by atoms with E-state index in [-0.39, 0.29) is 10.8 Å². The maximum Gasteiger partial charge on any atom is 0.0922 e. The lowest BCUT2D eigenvalue weighted by atomic mass is 9.68. The highest BCUT2D eigenvalue weighted by atomic mass is 15.3. The van der Waals surface area contributed by atoms with Gasteiger partial charge < -0.3 is 8.97 Å². The highest BCUT2D eigenvalue weighted by Crippen LogP contribution is 2.43. The molecule has 0 radical (unpaired) electrons. The Bertz CT molecular complexity index is 2180. The molecule has 0 spiro atoms. The monoisotopic (exact) mass is 710 g/mol. The van der Waals surface area contributed by atoms with Crippen LogP contribution in [0.4, 0.5) is 0 Å². The van der Waals surface area contributed by atoms with Gasteiger partial charge in [-0.3, -0.25) is 0 Å². The van der Waals surface area contributed by atoms with E-state index >= 15 is 0 Å².